The average molecular weight is 509 g/mol. The number of nitrogens with zero attached hydrogens (tertiary/aromatic N) is 4. The smallest absolute Gasteiger partial charge is 0.327 e. The van der Waals surface area contributed by atoms with Gasteiger partial charge in [-0.05, 0) is 60.1 Å². The number of hydrogen-bond donors (Lipinski definition) is 3. The fraction of sp³-hybridized carbons (Fsp3) is 0.360. The number of carbonyl (C=O) groups is 2. The van der Waals surface area contributed by atoms with Crippen LogP contribution in [-0.2, 0) is 29.0 Å². The van der Waals surface area contributed by atoms with Gasteiger partial charge < -0.3 is 15.4 Å². The number of hydrogen-bond acceptors (Lipinski definition) is 6. The molecule has 11 heteroatoms. The summed E-state index contributed by atoms with van der Waals surface area (Å²) in [7, 11) is 0. The fourth-order valence-corrected chi connectivity index (χ4v) is 4.67. The second kappa shape index (κ2) is 10.1. The molecule has 0 unspecified atom stereocenters. The Balaban J connectivity index is 1.39. The number of carboxylic acid groups (broad SMARTS) is 1. The van der Waals surface area contributed by atoms with Gasteiger partial charge in [0.1, 0.15) is 0 Å². The number of carboxylic acids is 1. The van der Waals surface area contributed by atoms with Gasteiger partial charge in [-0.1, -0.05) is 35.9 Å². The summed E-state index contributed by atoms with van der Waals surface area (Å²) in [5.74, 6) is -0.252. The van der Waals surface area contributed by atoms with Crippen molar-refractivity contribution in [3.63, 3.8) is 0 Å². The third kappa shape index (κ3) is 5.54. The first-order valence-electron chi connectivity index (χ1n) is 11.9. The number of carbonyl (C=O) groups excluding carboxylic acids is 1. The second-order valence-corrected chi connectivity index (χ2v) is 9.57. The van der Waals surface area contributed by atoms with E-state index in [-0.39, 0.29) is 24.1 Å². The molecule has 1 aromatic carbocycles. The van der Waals surface area contributed by atoms with Crippen molar-refractivity contribution in [1.82, 2.24) is 30.5 Å². The van der Waals surface area contributed by atoms with Crippen molar-refractivity contribution in [2.45, 2.75) is 57.0 Å². The molecule has 0 bridgehead atoms. The Bertz CT molecular complexity index is 1410. The number of aromatic nitrogens is 5. The van der Waals surface area contributed by atoms with Gasteiger partial charge in [-0.3, -0.25) is 14.4 Å². The van der Waals surface area contributed by atoms with Crippen LogP contribution in [0.5, 0.6) is 0 Å². The normalized spacial score (nSPS) is 17.9. The molecule has 1 amide bonds. The number of halogens is 1. The highest BCUT2D eigenvalue weighted by molar-refractivity contribution is 6.31. The Hall–Kier alpha value is -3.79. The van der Waals surface area contributed by atoms with Crippen molar-refractivity contribution < 1.29 is 14.7 Å². The molecule has 1 atom stereocenters. The molecule has 0 radical (unpaired) electrons. The highest BCUT2D eigenvalue weighted by Crippen LogP contribution is 2.38. The van der Waals surface area contributed by atoms with Crippen LogP contribution in [0.25, 0.3) is 5.57 Å². The van der Waals surface area contributed by atoms with Crippen molar-refractivity contribution in [3.8, 4) is 0 Å². The molecule has 3 heterocycles. The van der Waals surface area contributed by atoms with E-state index in [2.05, 4.69) is 25.7 Å². The first kappa shape index (κ1) is 23.9. The maximum atomic E-state index is 12.7. The van der Waals surface area contributed by atoms with E-state index in [9.17, 15) is 14.4 Å². The van der Waals surface area contributed by atoms with Gasteiger partial charge in [0.25, 0.3) is 5.56 Å². The van der Waals surface area contributed by atoms with Crippen LogP contribution >= 0.6 is 11.6 Å². The number of H-pyrrole nitrogens is 1. The van der Waals surface area contributed by atoms with Gasteiger partial charge in [-0.2, -0.15) is 4.80 Å². The number of pyridine rings is 1. The van der Waals surface area contributed by atoms with Gasteiger partial charge in [-0.15, -0.1) is 10.2 Å². The molecular formula is C25H25ClN6O4. The van der Waals surface area contributed by atoms with Gasteiger partial charge in [-0.25, -0.2) is 0 Å². The van der Waals surface area contributed by atoms with E-state index >= 15 is 0 Å². The Labute approximate surface area is 211 Å². The van der Waals surface area contributed by atoms with Crippen molar-refractivity contribution in [2.75, 3.05) is 0 Å². The zero-order chi connectivity index (χ0) is 25.2. The van der Waals surface area contributed by atoms with Crippen LogP contribution in [-0.4, -0.2) is 48.2 Å². The van der Waals surface area contributed by atoms with Crippen LogP contribution < -0.4 is 10.9 Å². The number of amides is 1. The molecule has 1 aliphatic heterocycles. The number of benzene rings is 1. The number of nitrogens with one attached hydrogen (secondary N) is 2. The quantitative estimate of drug-likeness (QED) is 0.403. The summed E-state index contributed by atoms with van der Waals surface area (Å²) in [6.07, 6.45) is 6.21. The molecule has 36 heavy (non-hydrogen) atoms. The molecule has 2 fully saturated rings. The number of tetrazole rings is 1. The zero-order valence-corrected chi connectivity index (χ0v) is 20.2. The van der Waals surface area contributed by atoms with Crippen LogP contribution in [0.1, 0.15) is 59.8 Å². The summed E-state index contributed by atoms with van der Waals surface area (Å²) in [6.45, 7) is -0.345. The number of rotatable bonds is 9. The lowest BCUT2D eigenvalue weighted by atomic mass is 9.96. The molecule has 2 aromatic heterocycles. The molecule has 1 saturated heterocycles. The Morgan fingerprint density at radius 2 is 2.00 bits per heavy atom. The van der Waals surface area contributed by atoms with E-state index in [4.69, 9.17) is 16.7 Å². The van der Waals surface area contributed by atoms with E-state index in [1.165, 1.54) is 0 Å². The lowest BCUT2D eigenvalue weighted by Gasteiger charge is -2.14. The van der Waals surface area contributed by atoms with Gasteiger partial charge in [0, 0.05) is 40.7 Å². The minimum Gasteiger partial charge on any atom is -0.480 e. The van der Waals surface area contributed by atoms with Gasteiger partial charge in [0.15, 0.2) is 12.4 Å². The monoisotopic (exact) mass is 508 g/mol. The van der Waals surface area contributed by atoms with E-state index < -0.39 is 5.97 Å². The largest absolute Gasteiger partial charge is 0.480 e. The molecule has 1 aliphatic carbocycles. The minimum atomic E-state index is -1.04. The molecule has 0 spiro atoms. The molecule has 1 saturated carbocycles. The molecule has 10 nitrogen and oxygen atoms in total. The van der Waals surface area contributed by atoms with Crippen LogP contribution in [0.3, 0.4) is 0 Å². The Morgan fingerprint density at radius 1 is 1.17 bits per heavy atom. The fourth-order valence-electron chi connectivity index (χ4n) is 4.39. The SMILES string of the molecule is O=C(O)Cn1nnc(CCc2ccc(/C(=C\[C@H]3CCC(=O)N3)c3ccc(C4CC4)c(=O)[nH]3)cc2Cl)n1. The summed E-state index contributed by atoms with van der Waals surface area (Å²) in [5.41, 5.74) is 3.91. The van der Waals surface area contributed by atoms with Crippen molar-refractivity contribution in [1.29, 1.82) is 0 Å². The summed E-state index contributed by atoms with van der Waals surface area (Å²) >= 11 is 6.64. The second-order valence-electron chi connectivity index (χ2n) is 9.16. The molecular weight excluding hydrogens is 484 g/mol. The average Bonchev–Trinajstić information content (AvgIpc) is 3.45. The predicted molar refractivity (Wildman–Crippen MR) is 132 cm³/mol. The van der Waals surface area contributed by atoms with Crippen LogP contribution in [0, 0.1) is 0 Å². The van der Waals surface area contributed by atoms with Crippen LogP contribution in [0.4, 0.5) is 0 Å². The standard InChI is InChI=1S/C25H25ClN6O4/c26-20-11-16(4-3-15(20)5-9-22-29-31-32(30-22)13-24(34)35)19(12-17-6-10-23(33)27-17)21-8-7-18(14-1-2-14)25(36)28-21/h3-4,7-8,11-12,14,17H,1-2,5-6,9-10,13H2,(H,27,33)(H,28,36)(H,34,35)/b19-12+/t17-/m1/s1. The topological polar surface area (TPSA) is 143 Å². The van der Waals surface area contributed by atoms with Crippen molar-refractivity contribution in [2.24, 2.45) is 0 Å². The number of aryl methyl sites for hydroxylation is 2. The van der Waals surface area contributed by atoms with Gasteiger partial charge in [0.05, 0.1) is 0 Å². The third-order valence-electron chi connectivity index (χ3n) is 6.40. The highest BCUT2D eigenvalue weighted by atomic mass is 35.5. The Morgan fingerprint density at radius 3 is 2.67 bits per heavy atom. The minimum absolute atomic E-state index is 0.00968. The van der Waals surface area contributed by atoms with Crippen molar-refractivity contribution in [3.05, 3.63) is 80.0 Å². The first-order chi connectivity index (χ1) is 17.4. The van der Waals surface area contributed by atoms with Gasteiger partial charge in [0.2, 0.25) is 5.91 Å². The number of aliphatic carboxylic acids is 1. The number of aromatic amines is 1. The maximum absolute atomic E-state index is 12.7. The first-order valence-corrected chi connectivity index (χ1v) is 12.3. The Kier molecular flexibility index (Phi) is 6.69. The lowest BCUT2D eigenvalue weighted by molar-refractivity contribution is -0.138. The summed E-state index contributed by atoms with van der Waals surface area (Å²) < 4.78 is 0. The maximum Gasteiger partial charge on any atom is 0.327 e. The predicted octanol–water partition coefficient (Wildman–Crippen LogP) is 2.47. The highest BCUT2D eigenvalue weighted by Gasteiger charge is 2.27. The van der Waals surface area contributed by atoms with Crippen LogP contribution in [0.2, 0.25) is 5.02 Å². The zero-order valence-electron chi connectivity index (χ0n) is 19.4. The molecule has 3 aromatic rings. The van der Waals surface area contributed by atoms with Crippen molar-refractivity contribution >= 4 is 29.1 Å². The van der Waals surface area contributed by atoms with Gasteiger partial charge >= 0.3 is 5.97 Å². The summed E-state index contributed by atoms with van der Waals surface area (Å²) in [5, 5.41) is 24.0. The molecule has 2 aliphatic rings. The van der Waals surface area contributed by atoms with E-state index in [1.807, 2.05) is 36.4 Å². The summed E-state index contributed by atoms with van der Waals surface area (Å²) in [6, 6.07) is 9.39. The van der Waals surface area contributed by atoms with E-state index in [0.29, 0.717) is 48.1 Å². The van der Waals surface area contributed by atoms with E-state index in [0.717, 1.165) is 39.9 Å². The summed E-state index contributed by atoms with van der Waals surface area (Å²) in [4.78, 5) is 39.3. The lowest BCUT2D eigenvalue weighted by Crippen LogP contribution is -2.23. The third-order valence-corrected chi connectivity index (χ3v) is 6.75. The molecule has 186 valence electrons. The molecule has 5 rings (SSSR count). The molecule has 3 N–H and O–H groups in total. The van der Waals surface area contributed by atoms with E-state index in [1.54, 1.807) is 0 Å². The van der Waals surface area contributed by atoms with Crippen LogP contribution in [0.15, 0.2) is 41.2 Å².